The predicted octanol–water partition coefficient (Wildman–Crippen LogP) is 3.23. The first-order chi connectivity index (χ1) is 10.5. The van der Waals surface area contributed by atoms with Crippen LogP contribution in [0.2, 0.25) is 0 Å². The number of benzene rings is 1. The van der Waals surface area contributed by atoms with Gasteiger partial charge in [-0.15, -0.1) is 0 Å². The van der Waals surface area contributed by atoms with E-state index >= 15 is 0 Å². The number of rotatable bonds is 1. The number of methoxy groups -OCH3 is 1. The molecular weight excluding hydrogens is 276 g/mol. The lowest BCUT2D eigenvalue weighted by atomic mass is 9.54. The van der Waals surface area contributed by atoms with Crippen LogP contribution in [-0.2, 0) is 11.2 Å². The first-order valence-corrected chi connectivity index (χ1v) is 8.57. The summed E-state index contributed by atoms with van der Waals surface area (Å²) in [5.41, 5.74) is 2.66. The Morgan fingerprint density at radius 2 is 2.05 bits per heavy atom. The summed E-state index contributed by atoms with van der Waals surface area (Å²) < 4.78 is 5.90. The number of phenols is 1. The second kappa shape index (κ2) is 4.97. The van der Waals surface area contributed by atoms with Crippen LogP contribution in [0.5, 0.6) is 5.75 Å². The SMILES string of the molecule is CO[C@H]1C[C@]2(C)[C@@H](O)CC[C@H]2[C@@H]2CCc3cc(O)ccc3[C@H]21. The Morgan fingerprint density at radius 1 is 1.23 bits per heavy atom. The van der Waals surface area contributed by atoms with Gasteiger partial charge in [-0.05, 0) is 72.6 Å². The standard InChI is InChI=1S/C19H26O3/c1-19-10-16(22-2)18-13-6-4-12(20)9-11(13)3-5-14(18)15(19)7-8-17(19)21/h4,6,9,14-18,20-21H,3,5,7-8,10H2,1-2H3/t14-,15-,16-,17-,18+,19-/m0/s1. The zero-order chi connectivity index (χ0) is 15.5. The fourth-order valence-corrected chi connectivity index (χ4v) is 5.82. The highest BCUT2D eigenvalue weighted by Gasteiger charge is 2.57. The van der Waals surface area contributed by atoms with Gasteiger partial charge in [0.05, 0.1) is 12.2 Å². The van der Waals surface area contributed by atoms with E-state index < -0.39 is 0 Å². The van der Waals surface area contributed by atoms with Gasteiger partial charge >= 0.3 is 0 Å². The largest absolute Gasteiger partial charge is 0.508 e. The minimum Gasteiger partial charge on any atom is -0.508 e. The first kappa shape index (κ1) is 14.5. The third-order valence-corrected chi connectivity index (χ3v) is 6.91. The number of aliphatic hydroxyl groups excluding tert-OH is 1. The van der Waals surface area contributed by atoms with Crippen molar-refractivity contribution >= 4 is 0 Å². The van der Waals surface area contributed by atoms with Crippen LogP contribution in [0.3, 0.4) is 0 Å². The average molecular weight is 302 g/mol. The molecular formula is C19H26O3. The Hall–Kier alpha value is -1.06. The molecule has 0 spiro atoms. The van der Waals surface area contributed by atoms with Crippen molar-refractivity contribution in [1.29, 1.82) is 0 Å². The molecule has 2 N–H and O–H groups in total. The summed E-state index contributed by atoms with van der Waals surface area (Å²) in [5.74, 6) is 1.97. The molecule has 0 heterocycles. The van der Waals surface area contributed by atoms with E-state index in [0.29, 0.717) is 23.5 Å². The zero-order valence-corrected chi connectivity index (χ0v) is 13.5. The highest BCUT2D eigenvalue weighted by atomic mass is 16.5. The van der Waals surface area contributed by atoms with Crippen molar-refractivity contribution in [3.63, 3.8) is 0 Å². The molecule has 22 heavy (non-hydrogen) atoms. The maximum atomic E-state index is 10.5. The molecule has 0 bridgehead atoms. The van der Waals surface area contributed by atoms with E-state index in [4.69, 9.17) is 4.74 Å². The average Bonchev–Trinajstić information content (AvgIpc) is 2.81. The molecule has 4 rings (SSSR count). The maximum Gasteiger partial charge on any atom is 0.115 e. The molecule has 3 nitrogen and oxygen atoms in total. The van der Waals surface area contributed by atoms with Crippen molar-refractivity contribution in [2.45, 2.75) is 57.2 Å². The maximum absolute atomic E-state index is 10.5. The molecule has 0 aromatic heterocycles. The Morgan fingerprint density at radius 3 is 2.82 bits per heavy atom. The van der Waals surface area contributed by atoms with Gasteiger partial charge in [0, 0.05) is 13.0 Å². The number of aromatic hydroxyl groups is 1. The minimum atomic E-state index is -0.183. The number of hydrogen-bond acceptors (Lipinski definition) is 3. The topological polar surface area (TPSA) is 49.7 Å². The van der Waals surface area contributed by atoms with Gasteiger partial charge in [-0.3, -0.25) is 0 Å². The van der Waals surface area contributed by atoms with Crippen LogP contribution in [0.4, 0.5) is 0 Å². The lowest BCUT2D eigenvalue weighted by Crippen LogP contribution is -2.50. The van der Waals surface area contributed by atoms with Gasteiger partial charge in [-0.1, -0.05) is 13.0 Å². The van der Waals surface area contributed by atoms with E-state index in [2.05, 4.69) is 13.0 Å². The van der Waals surface area contributed by atoms with Gasteiger partial charge in [0.15, 0.2) is 0 Å². The fourth-order valence-electron chi connectivity index (χ4n) is 5.82. The van der Waals surface area contributed by atoms with E-state index in [1.807, 2.05) is 12.1 Å². The Bertz CT molecular complexity index is 584. The van der Waals surface area contributed by atoms with Crippen LogP contribution in [0.15, 0.2) is 18.2 Å². The zero-order valence-electron chi connectivity index (χ0n) is 13.5. The molecule has 120 valence electrons. The Labute approximate surface area is 132 Å². The molecule has 3 heteroatoms. The summed E-state index contributed by atoms with van der Waals surface area (Å²) in [5, 5.41) is 20.3. The van der Waals surface area contributed by atoms with Gasteiger partial charge in [0.25, 0.3) is 0 Å². The number of aliphatic hydroxyl groups is 1. The van der Waals surface area contributed by atoms with Gasteiger partial charge in [-0.2, -0.15) is 0 Å². The molecule has 0 radical (unpaired) electrons. The third-order valence-electron chi connectivity index (χ3n) is 6.91. The normalized spacial score (nSPS) is 43.3. The van der Waals surface area contributed by atoms with Crippen molar-refractivity contribution < 1.29 is 14.9 Å². The van der Waals surface area contributed by atoms with E-state index in [0.717, 1.165) is 32.1 Å². The fraction of sp³-hybridized carbons (Fsp3) is 0.684. The van der Waals surface area contributed by atoms with Crippen LogP contribution in [-0.4, -0.2) is 29.5 Å². The van der Waals surface area contributed by atoms with Crippen molar-refractivity contribution in [2.24, 2.45) is 17.3 Å². The molecule has 0 saturated heterocycles. The Kier molecular flexibility index (Phi) is 3.28. The predicted molar refractivity (Wildman–Crippen MR) is 84.9 cm³/mol. The lowest BCUT2D eigenvalue weighted by Gasteiger charge is -2.53. The molecule has 3 aliphatic carbocycles. The molecule has 3 aliphatic rings. The number of phenolic OH excluding ortho intramolecular Hbond substituents is 1. The molecule has 0 unspecified atom stereocenters. The van der Waals surface area contributed by atoms with Crippen LogP contribution in [0, 0.1) is 17.3 Å². The van der Waals surface area contributed by atoms with E-state index in [1.54, 1.807) is 7.11 Å². The van der Waals surface area contributed by atoms with Crippen molar-refractivity contribution in [2.75, 3.05) is 7.11 Å². The van der Waals surface area contributed by atoms with Gasteiger partial charge in [0.2, 0.25) is 0 Å². The van der Waals surface area contributed by atoms with E-state index in [9.17, 15) is 10.2 Å². The van der Waals surface area contributed by atoms with Crippen LogP contribution >= 0.6 is 0 Å². The Balaban J connectivity index is 1.78. The number of hydrogen-bond donors (Lipinski definition) is 2. The summed E-state index contributed by atoms with van der Waals surface area (Å²) in [4.78, 5) is 0. The van der Waals surface area contributed by atoms with Gasteiger partial charge < -0.3 is 14.9 Å². The summed E-state index contributed by atoms with van der Waals surface area (Å²) in [6.45, 7) is 2.27. The highest BCUT2D eigenvalue weighted by Crippen LogP contribution is 2.61. The summed E-state index contributed by atoms with van der Waals surface area (Å²) in [6, 6.07) is 5.84. The summed E-state index contributed by atoms with van der Waals surface area (Å²) >= 11 is 0. The monoisotopic (exact) mass is 302 g/mol. The molecule has 6 atom stereocenters. The van der Waals surface area contributed by atoms with Gasteiger partial charge in [-0.25, -0.2) is 0 Å². The molecule has 0 aliphatic heterocycles. The quantitative estimate of drug-likeness (QED) is 0.837. The molecule has 1 aromatic rings. The minimum absolute atomic E-state index is 0.0102. The van der Waals surface area contributed by atoms with Crippen LogP contribution in [0.25, 0.3) is 0 Å². The second-order valence-electron chi connectivity index (χ2n) is 7.80. The smallest absolute Gasteiger partial charge is 0.115 e. The number of fused-ring (bicyclic) bond motifs is 5. The van der Waals surface area contributed by atoms with Crippen molar-refractivity contribution in [1.82, 2.24) is 0 Å². The van der Waals surface area contributed by atoms with E-state index in [1.165, 1.54) is 11.1 Å². The number of ether oxygens (including phenoxy) is 1. The first-order valence-electron chi connectivity index (χ1n) is 8.57. The molecule has 2 saturated carbocycles. The van der Waals surface area contributed by atoms with Gasteiger partial charge in [0.1, 0.15) is 5.75 Å². The lowest BCUT2D eigenvalue weighted by molar-refractivity contribution is -0.0929. The summed E-state index contributed by atoms with van der Waals surface area (Å²) in [6.07, 6.45) is 5.18. The van der Waals surface area contributed by atoms with Crippen LogP contribution in [0.1, 0.15) is 49.7 Å². The van der Waals surface area contributed by atoms with Crippen molar-refractivity contribution in [3.05, 3.63) is 29.3 Å². The molecule has 1 aromatic carbocycles. The molecule has 0 amide bonds. The second-order valence-corrected chi connectivity index (χ2v) is 7.80. The highest BCUT2D eigenvalue weighted by molar-refractivity contribution is 5.41. The summed E-state index contributed by atoms with van der Waals surface area (Å²) in [7, 11) is 1.81. The molecule has 2 fully saturated rings. The van der Waals surface area contributed by atoms with Crippen molar-refractivity contribution in [3.8, 4) is 5.75 Å². The van der Waals surface area contributed by atoms with Crippen LogP contribution < -0.4 is 0 Å². The number of aryl methyl sites for hydroxylation is 1. The third kappa shape index (κ3) is 1.88. The van der Waals surface area contributed by atoms with E-state index in [-0.39, 0.29) is 17.6 Å².